The van der Waals surface area contributed by atoms with E-state index in [9.17, 15) is 14.0 Å². The Labute approximate surface area is 301 Å². The zero-order chi connectivity index (χ0) is 33.1. The first-order valence-corrected chi connectivity index (χ1v) is 17.7. The minimum absolute atomic E-state index is 0.232. The van der Waals surface area contributed by atoms with Crippen LogP contribution in [0.4, 0.5) is 10.1 Å². The van der Waals surface area contributed by atoms with Crippen LogP contribution in [0.15, 0.2) is 112 Å². The molecule has 47 heavy (non-hydrogen) atoms. The fraction of sp³-hybridized carbons (Fsp3) is 0.139. The number of hydrogen-bond acceptors (Lipinski definition) is 6. The number of para-hydroxylation sites is 1. The number of benzene rings is 4. The molecule has 6 rings (SSSR count). The average Bonchev–Trinajstić information content (AvgIpc) is 3.35. The van der Waals surface area contributed by atoms with Crippen molar-refractivity contribution >= 4 is 74.2 Å². The lowest BCUT2D eigenvalue weighted by molar-refractivity contribution is -0.113. The lowest BCUT2D eigenvalue weighted by Crippen LogP contribution is -2.40. The molecule has 0 radical (unpaired) electrons. The van der Waals surface area contributed by atoms with Gasteiger partial charge < -0.3 is 14.8 Å². The first-order chi connectivity index (χ1) is 22.7. The van der Waals surface area contributed by atoms with Crippen molar-refractivity contribution in [3.05, 3.63) is 152 Å². The van der Waals surface area contributed by atoms with Gasteiger partial charge in [-0.2, -0.15) is 0 Å². The van der Waals surface area contributed by atoms with Gasteiger partial charge >= 0.3 is 0 Å². The Morgan fingerprint density at radius 2 is 1.74 bits per heavy atom. The summed E-state index contributed by atoms with van der Waals surface area (Å²) in [6, 6.07) is 26.0. The summed E-state index contributed by atoms with van der Waals surface area (Å²) in [5.41, 5.74) is 3.56. The highest BCUT2D eigenvalue weighted by molar-refractivity contribution is 14.1. The van der Waals surface area contributed by atoms with E-state index in [1.807, 2.05) is 79.7 Å². The van der Waals surface area contributed by atoms with Gasteiger partial charge in [0.15, 0.2) is 4.80 Å². The van der Waals surface area contributed by atoms with Gasteiger partial charge in [0.2, 0.25) is 0 Å². The van der Waals surface area contributed by atoms with E-state index in [4.69, 9.17) is 14.5 Å². The second-order valence-electron chi connectivity index (χ2n) is 10.6. The quantitative estimate of drug-likeness (QED) is 0.159. The number of aromatic nitrogens is 1. The van der Waals surface area contributed by atoms with Gasteiger partial charge in [-0.3, -0.25) is 14.2 Å². The van der Waals surface area contributed by atoms with Crippen molar-refractivity contribution in [2.45, 2.75) is 26.5 Å². The molecule has 0 unspecified atom stereocenters. The summed E-state index contributed by atoms with van der Waals surface area (Å²) in [5.74, 6) is 0.659. The Kier molecular flexibility index (Phi) is 10.2. The first kappa shape index (κ1) is 33.1. The van der Waals surface area contributed by atoms with E-state index in [0.717, 1.165) is 23.8 Å². The second kappa shape index (κ2) is 14.5. The molecule has 1 atom stereocenters. The third kappa shape index (κ3) is 7.36. The van der Waals surface area contributed by atoms with Gasteiger partial charge in [-0.25, -0.2) is 9.38 Å². The van der Waals surface area contributed by atoms with Crippen LogP contribution in [-0.4, -0.2) is 17.1 Å². The predicted molar refractivity (Wildman–Crippen MR) is 199 cm³/mol. The standard InChI is InChI=1S/C36H28FI2N3O4S/c1-3-45-28-15-11-23(12-16-28)32-31(34(43)41-27-7-5-4-6-8-27)21(2)40-36-42(32)35(44)30(47-36)18-24-17-26(38)19-29(39)33(24)46-20-22-9-13-25(37)14-10-22/h4-19,32H,3,20H2,1-2H3,(H,41,43)/b30-18-/t32-/m0/s1. The van der Waals surface area contributed by atoms with Crippen molar-refractivity contribution in [2.24, 2.45) is 4.99 Å². The number of hydrogen-bond donors (Lipinski definition) is 1. The highest BCUT2D eigenvalue weighted by Crippen LogP contribution is 2.33. The molecule has 4 aromatic carbocycles. The zero-order valence-electron chi connectivity index (χ0n) is 25.3. The third-order valence-corrected chi connectivity index (χ3v) is 9.83. The molecule has 1 amide bonds. The van der Waals surface area contributed by atoms with Crippen LogP contribution in [0.25, 0.3) is 6.08 Å². The Hall–Kier alpha value is -3.82. The predicted octanol–water partition coefficient (Wildman–Crippen LogP) is 7.20. The lowest BCUT2D eigenvalue weighted by Gasteiger charge is -2.25. The molecule has 0 saturated carbocycles. The Morgan fingerprint density at radius 1 is 1.02 bits per heavy atom. The maximum absolute atomic E-state index is 14.3. The molecular formula is C36H28FI2N3O4S. The molecule has 0 fully saturated rings. The van der Waals surface area contributed by atoms with Crippen LogP contribution in [0.2, 0.25) is 0 Å². The van der Waals surface area contributed by atoms with E-state index < -0.39 is 6.04 Å². The normalized spacial score (nSPS) is 14.4. The molecule has 0 saturated heterocycles. The molecule has 238 valence electrons. The largest absolute Gasteiger partial charge is 0.494 e. The number of anilines is 1. The molecule has 5 aromatic rings. The van der Waals surface area contributed by atoms with Crippen molar-refractivity contribution in [1.82, 2.24) is 4.57 Å². The minimum atomic E-state index is -0.724. The minimum Gasteiger partial charge on any atom is -0.494 e. The number of rotatable bonds is 9. The molecule has 2 heterocycles. The number of carbonyl (C=O) groups excluding carboxylic acids is 1. The second-order valence-corrected chi connectivity index (χ2v) is 14.0. The summed E-state index contributed by atoms with van der Waals surface area (Å²) in [6.45, 7) is 4.46. The monoisotopic (exact) mass is 871 g/mol. The summed E-state index contributed by atoms with van der Waals surface area (Å²) in [4.78, 5) is 33.4. The lowest BCUT2D eigenvalue weighted by atomic mass is 9.95. The van der Waals surface area contributed by atoms with E-state index in [0.29, 0.717) is 44.4 Å². The van der Waals surface area contributed by atoms with Crippen molar-refractivity contribution in [3.63, 3.8) is 0 Å². The molecule has 0 spiro atoms. The Morgan fingerprint density at radius 3 is 2.45 bits per heavy atom. The van der Waals surface area contributed by atoms with Crippen LogP contribution < -0.4 is 29.7 Å². The molecule has 0 bridgehead atoms. The van der Waals surface area contributed by atoms with Gasteiger partial charge in [-0.05, 0) is 125 Å². The van der Waals surface area contributed by atoms with Crippen LogP contribution in [-0.2, 0) is 11.4 Å². The number of allylic oxidation sites excluding steroid dienone is 1. The Bertz CT molecular complexity index is 2160. The third-order valence-electron chi connectivity index (χ3n) is 7.42. The summed E-state index contributed by atoms with van der Waals surface area (Å²) < 4.78 is 29.2. The number of nitrogens with zero attached hydrogens (tertiary/aromatic N) is 2. The van der Waals surface area contributed by atoms with E-state index in [1.165, 1.54) is 23.5 Å². The summed E-state index contributed by atoms with van der Waals surface area (Å²) >= 11 is 5.72. The van der Waals surface area contributed by atoms with Crippen molar-refractivity contribution < 1.29 is 18.7 Å². The van der Waals surface area contributed by atoms with E-state index in [-0.39, 0.29) is 23.9 Å². The van der Waals surface area contributed by atoms with Crippen molar-refractivity contribution in [3.8, 4) is 11.5 Å². The SMILES string of the molecule is CCOc1ccc([C@H]2C(C(=O)Nc3ccccc3)=C(C)N=c3s/c(=C\c4cc(I)cc(I)c4OCc4ccc(F)cc4)c(=O)n32)cc1. The zero-order valence-corrected chi connectivity index (χ0v) is 30.4. The molecule has 11 heteroatoms. The summed E-state index contributed by atoms with van der Waals surface area (Å²) in [6.07, 6.45) is 1.81. The van der Waals surface area contributed by atoms with Gasteiger partial charge in [0.1, 0.15) is 23.9 Å². The maximum Gasteiger partial charge on any atom is 0.271 e. The van der Waals surface area contributed by atoms with Crippen LogP contribution in [0.5, 0.6) is 11.5 Å². The molecule has 1 aliphatic rings. The average molecular weight is 872 g/mol. The highest BCUT2D eigenvalue weighted by Gasteiger charge is 2.32. The van der Waals surface area contributed by atoms with E-state index in [2.05, 4.69) is 50.5 Å². The van der Waals surface area contributed by atoms with E-state index >= 15 is 0 Å². The van der Waals surface area contributed by atoms with Crippen LogP contribution in [0.3, 0.4) is 0 Å². The molecule has 7 nitrogen and oxygen atoms in total. The molecule has 0 aliphatic carbocycles. The number of nitrogens with one attached hydrogen (secondary N) is 1. The maximum atomic E-state index is 14.3. The van der Waals surface area contributed by atoms with E-state index in [1.54, 1.807) is 23.6 Å². The Balaban J connectivity index is 1.45. The number of ether oxygens (including phenoxy) is 2. The van der Waals surface area contributed by atoms with Gasteiger partial charge in [-0.15, -0.1) is 0 Å². The van der Waals surface area contributed by atoms with Crippen LogP contribution in [0, 0.1) is 13.0 Å². The molecule has 1 aromatic heterocycles. The number of halogens is 3. The number of thiazole rings is 1. The first-order valence-electron chi connectivity index (χ1n) is 14.7. The fourth-order valence-corrected chi connectivity index (χ4v) is 8.36. The van der Waals surface area contributed by atoms with Crippen LogP contribution >= 0.6 is 56.5 Å². The van der Waals surface area contributed by atoms with Gasteiger partial charge in [0.05, 0.1) is 32.0 Å². The van der Waals surface area contributed by atoms with Gasteiger partial charge in [-0.1, -0.05) is 53.8 Å². The molecule has 1 N–H and O–H groups in total. The fourth-order valence-electron chi connectivity index (χ4n) is 5.28. The van der Waals surface area contributed by atoms with Gasteiger partial charge in [0, 0.05) is 14.8 Å². The number of amides is 1. The van der Waals surface area contributed by atoms with Gasteiger partial charge in [0.25, 0.3) is 11.5 Å². The van der Waals surface area contributed by atoms with Crippen molar-refractivity contribution in [1.29, 1.82) is 0 Å². The molecular weight excluding hydrogens is 843 g/mol. The van der Waals surface area contributed by atoms with Crippen LogP contribution in [0.1, 0.15) is 36.6 Å². The highest BCUT2D eigenvalue weighted by atomic mass is 127. The number of fused-ring (bicyclic) bond motifs is 1. The van der Waals surface area contributed by atoms with Crippen molar-refractivity contribution in [2.75, 3.05) is 11.9 Å². The number of carbonyl (C=O) groups is 1. The molecule has 1 aliphatic heterocycles. The summed E-state index contributed by atoms with van der Waals surface area (Å²) in [7, 11) is 0. The summed E-state index contributed by atoms with van der Waals surface area (Å²) in [5, 5.41) is 2.98. The smallest absolute Gasteiger partial charge is 0.271 e. The topological polar surface area (TPSA) is 81.9 Å².